The van der Waals surface area contributed by atoms with Crippen LogP contribution in [-0.2, 0) is 27.1 Å². The average molecular weight is 323 g/mol. The zero-order valence-corrected chi connectivity index (χ0v) is 13.8. The van der Waals surface area contributed by atoms with Crippen LogP contribution in [0.1, 0.15) is 47.5 Å². The first-order valence-corrected chi connectivity index (χ1v) is 8.57. The number of nitrogens with one attached hydrogen (secondary N) is 1. The van der Waals surface area contributed by atoms with Crippen LogP contribution in [-0.4, -0.2) is 31.7 Å². The fourth-order valence-electron chi connectivity index (χ4n) is 2.87. The average Bonchev–Trinajstić information content (AvgIpc) is 2.82. The van der Waals surface area contributed by atoms with Gasteiger partial charge in [0.1, 0.15) is 5.00 Å². The highest BCUT2D eigenvalue weighted by atomic mass is 32.1. The molecule has 1 aromatic heterocycles. The Morgan fingerprint density at radius 3 is 2.68 bits per heavy atom. The first-order chi connectivity index (χ1) is 10.5. The second-order valence-corrected chi connectivity index (χ2v) is 7.25. The Morgan fingerprint density at radius 1 is 1.32 bits per heavy atom. The summed E-state index contributed by atoms with van der Waals surface area (Å²) in [4.78, 5) is 26.0. The molecule has 2 heterocycles. The number of carbonyl (C=O) groups is 2. The number of rotatable bonds is 4. The van der Waals surface area contributed by atoms with Crippen LogP contribution in [0.3, 0.4) is 0 Å². The van der Waals surface area contributed by atoms with E-state index in [1.54, 1.807) is 6.92 Å². The molecule has 1 aromatic rings. The van der Waals surface area contributed by atoms with Crippen LogP contribution >= 0.6 is 11.3 Å². The first-order valence-electron chi connectivity index (χ1n) is 7.76. The number of ether oxygens (including phenoxy) is 2. The van der Waals surface area contributed by atoms with Crippen molar-refractivity contribution in [2.24, 2.45) is 5.41 Å². The van der Waals surface area contributed by atoms with Gasteiger partial charge in [0.05, 0.1) is 30.8 Å². The van der Waals surface area contributed by atoms with Gasteiger partial charge < -0.3 is 14.8 Å². The number of carbonyl (C=O) groups excluding carboxylic acids is 2. The fraction of sp³-hybridized carbons (Fsp3) is 0.625. The van der Waals surface area contributed by atoms with Crippen LogP contribution < -0.4 is 5.32 Å². The van der Waals surface area contributed by atoms with Gasteiger partial charge in [0.2, 0.25) is 5.91 Å². The standard InChI is InChI=1S/C16H21NO4S/c1-3-21-14(18)12-10-6-4-5-7-11(10)22-13(12)17-15(19)16(2)8-20-9-16/h3-9H2,1-2H3,(H,17,19). The van der Waals surface area contributed by atoms with Crippen LogP contribution in [0.2, 0.25) is 0 Å². The summed E-state index contributed by atoms with van der Waals surface area (Å²) in [6.45, 7) is 4.87. The predicted molar refractivity (Wildman–Crippen MR) is 84.5 cm³/mol. The summed E-state index contributed by atoms with van der Waals surface area (Å²) in [5, 5.41) is 3.59. The molecule has 0 atom stereocenters. The second kappa shape index (κ2) is 6.01. The maximum atomic E-state index is 12.4. The molecule has 1 amide bonds. The minimum atomic E-state index is -0.490. The van der Waals surface area contributed by atoms with E-state index in [-0.39, 0.29) is 11.9 Å². The van der Waals surface area contributed by atoms with E-state index in [9.17, 15) is 9.59 Å². The summed E-state index contributed by atoms with van der Waals surface area (Å²) >= 11 is 1.52. The lowest BCUT2D eigenvalue weighted by atomic mass is 9.87. The summed E-state index contributed by atoms with van der Waals surface area (Å²) in [5.74, 6) is -0.407. The van der Waals surface area contributed by atoms with E-state index >= 15 is 0 Å². The molecule has 6 heteroatoms. The SMILES string of the molecule is CCOC(=O)c1c(NC(=O)C2(C)COC2)sc2c1CCCC2. The van der Waals surface area contributed by atoms with E-state index in [2.05, 4.69) is 5.32 Å². The summed E-state index contributed by atoms with van der Waals surface area (Å²) in [6.07, 6.45) is 4.07. The third-order valence-electron chi connectivity index (χ3n) is 4.27. The van der Waals surface area contributed by atoms with Crippen molar-refractivity contribution in [3.05, 3.63) is 16.0 Å². The number of fused-ring (bicyclic) bond motifs is 1. The lowest BCUT2D eigenvalue weighted by Crippen LogP contribution is -2.49. The minimum absolute atomic E-state index is 0.0807. The Balaban J connectivity index is 1.90. The van der Waals surface area contributed by atoms with Gasteiger partial charge in [0.25, 0.3) is 0 Å². The monoisotopic (exact) mass is 323 g/mol. The van der Waals surface area contributed by atoms with E-state index in [1.165, 1.54) is 16.2 Å². The zero-order valence-electron chi connectivity index (χ0n) is 13.0. The van der Waals surface area contributed by atoms with E-state index in [0.29, 0.717) is 30.4 Å². The lowest BCUT2D eigenvalue weighted by Gasteiger charge is -2.36. The van der Waals surface area contributed by atoms with Gasteiger partial charge in [0, 0.05) is 4.88 Å². The molecule has 0 spiro atoms. The zero-order chi connectivity index (χ0) is 15.7. The summed E-state index contributed by atoms with van der Waals surface area (Å²) in [7, 11) is 0. The molecule has 2 aliphatic rings. The van der Waals surface area contributed by atoms with E-state index in [4.69, 9.17) is 9.47 Å². The van der Waals surface area contributed by atoms with Crippen LogP contribution in [0.25, 0.3) is 0 Å². The van der Waals surface area contributed by atoms with Gasteiger partial charge in [-0.2, -0.15) is 0 Å². The summed E-state index contributed by atoms with van der Waals surface area (Å²) in [6, 6.07) is 0. The van der Waals surface area contributed by atoms with Crippen LogP contribution in [0.4, 0.5) is 5.00 Å². The molecule has 1 N–H and O–H groups in total. The molecule has 1 aliphatic heterocycles. The number of hydrogen-bond acceptors (Lipinski definition) is 5. The molecule has 3 rings (SSSR count). The lowest BCUT2D eigenvalue weighted by molar-refractivity contribution is -0.151. The van der Waals surface area contributed by atoms with Crippen molar-refractivity contribution in [2.75, 3.05) is 25.1 Å². The summed E-state index contributed by atoms with van der Waals surface area (Å²) in [5.41, 5.74) is 1.15. The van der Waals surface area contributed by atoms with Gasteiger partial charge in [-0.15, -0.1) is 11.3 Å². The molecule has 1 fully saturated rings. The van der Waals surface area contributed by atoms with Gasteiger partial charge in [-0.05, 0) is 45.1 Å². The number of aryl methyl sites for hydroxylation is 1. The molecule has 1 saturated heterocycles. The Kier molecular flexibility index (Phi) is 4.23. The molecule has 120 valence electrons. The quantitative estimate of drug-likeness (QED) is 0.865. The van der Waals surface area contributed by atoms with E-state index in [1.807, 2.05) is 6.92 Å². The van der Waals surface area contributed by atoms with Gasteiger partial charge in [-0.25, -0.2) is 4.79 Å². The van der Waals surface area contributed by atoms with Gasteiger partial charge in [-0.1, -0.05) is 0 Å². The van der Waals surface area contributed by atoms with Crippen molar-refractivity contribution in [3.63, 3.8) is 0 Å². The van der Waals surface area contributed by atoms with Gasteiger partial charge in [-0.3, -0.25) is 4.79 Å². The molecule has 1 aliphatic carbocycles. The Labute approximate surface area is 134 Å². The van der Waals surface area contributed by atoms with Crippen molar-refractivity contribution >= 4 is 28.2 Å². The Morgan fingerprint density at radius 2 is 2.05 bits per heavy atom. The predicted octanol–water partition coefficient (Wildman–Crippen LogP) is 2.78. The van der Waals surface area contributed by atoms with Crippen molar-refractivity contribution in [2.45, 2.75) is 39.5 Å². The number of hydrogen-bond donors (Lipinski definition) is 1. The molecule has 0 radical (unpaired) electrons. The molecule has 0 bridgehead atoms. The van der Waals surface area contributed by atoms with Crippen molar-refractivity contribution in [1.82, 2.24) is 0 Å². The van der Waals surface area contributed by atoms with Crippen molar-refractivity contribution < 1.29 is 19.1 Å². The maximum absolute atomic E-state index is 12.4. The van der Waals surface area contributed by atoms with E-state index in [0.717, 1.165) is 31.2 Å². The van der Waals surface area contributed by atoms with Crippen LogP contribution in [0.15, 0.2) is 0 Å². The van der Waals surface area contributed by atoms with Crippen molar-refractivity contribution in [1.29, 1.82) is 0 Å². The molecule has 0 saturated carbocycles. The number of anilines is 1. The largest absolute Gasteiger partial charge is 0.462 e. The fourth-order valence-corrected chi connectivity index (χ4v) is 4.14. The van der Waals surface area contributed by atoms with E-state index < -0.39 is 5.41 Å². The Bertz CT molecular complexity index is 604. The number of esters is 1. The number of amides is 1. The molecule has 0 unspecified atom stereocenters. The third-order valence-corrected chi connectivity index (χ3v) is 5.47. The third kappa shape index (κ3) is 2.65. The maximum Gasteiger partial charge on any atom is 0.341 e. The van der Waals surface area contributed by atoms with Gasteiger partial charge >= 0.3 is 5.97 Å². The minimum Gasteiger partial charge on any atom is -0.462 e. The highest BCUT2D eigenvalue weighted by Crippen LogP contribution is 2.39. The van der Waals surface area contributed by atoms with Crippen LogP contribution in [0, 0.1) is 5.41 Å². The Hall–Kier alpha value is -1.40. The first kappa shape index (κ1) is 15.5. The highest BCUT2D eigenvalue weighted by molar-refractivity contribution is 7.17. The van der Waals surface area contributed by atoms with Crippen LogP contribution in [0.5, 0.6) is 0 Å². The normalized spacial score (nSPS) is 19.0. The molecule has 5 nitrogen and oxygen atoms in total. The molecule has 0 aromatic carbocycles. The van der Waals surface area contributed by atoms with Gasteiger partial charge in [0.15, 0.2) is 0 Å². The molecular weight excluding hydrogens is 302 g/mol. The molecule has 22 heavy (non-hydrogen) atoms. The summed E-state index contributed by atoms with van der Waals surface area (Å²) < 4.78 is 10.3. The topological polar surface area (TPSA) is 64.6 Å². The second-order valence-electron chi connectivity index (χ2n) is 6.14. The van der Waals surface area contributed by atoms with Crippen molar-refractivity contribution in [3.8, 4) is 0 Å². The smallest absolute Gasteiger partial charge is 0.341 e. The number of thiophene rings is 1. The molecular formula is C16H21NO4S. The highest BCUT2D eigenvalue weighted by Gasteiger charge is 2.42.